The van der Waals surface area contributed by atoms with Gasteiger partial charge in [0.2, 0.25) is 5.91 Å². The summed E-state index contributed by atoms with van der Waals surface area (Å²) >= 11 is 0. The first-order chi connectivity index (χ1) is 7.15. The van der Waals surface area contributed by atoms with Gasteiger partial charge in [0.05, 0.1) is 5.41 Å². The van der Waals surface area contributed by atoms with Crippen LogP contribution in [0.15, 0.2) is 30.3 Å². The number of hydrogen-bond acceptors (Lipinski definition) is 1. The molecule has 1 fully saturated rings. The fraction of sp³-hybridized carbons (Fsp3) is 0.462. The summed E-state index contributed by atoms with van der Waals surface area (Å²) in [4.78, 5) is 11.7. The van der Waals surface area contributed by atoms with Crippen LogP contribution in [0.2, 0.25) is 0 Å². The molecule has 1 aliphatic heterocycles. The first-order valence-electron chi connectivity index (χ1n) is 5.47. The number of amides is 1. The first-order valence-corrected chi connectivity index (χ1v) is 5.47. The number of hydrogen-bond donors (Lipinski definition) is 1. The van der Waals surface area contributed by atoms with Crippen molar-refractivity contribution in [2.45, 2.75) is 20.3 Å². The lowest BCUT2D eigenvalue weighted by Crippen LogP contribution is -2.62. The van der Waals surface area contributed by atoms with E-state index in [-0.39, 0.29) is 11.3 Å². The van der Waals surface area contributed by atoms with Crippen molar-refractivity contribution < 1.29 is 4.79 Å². The molecule has 2 rings (SSSR count). The van der Waals surface area contributed by atoms with Gasteiger partial charge in [0.25, 0.3) is 0 Å². The van der Waals surface area contributed by atoms with E-state index in [1.54, 1.807) is 0 Å². The summed E-state index contributed by atoms with van der Waals surface area (Å²) in [5.41, 5.74) is 1.09. The van der Waals surface area contributed by atoms with Gasteiger partial charge < -0.3 is 5.32 Å². The second kappa shape index (κ2) is 3.69. The zero-order valence-electron chi connectivity index (χ0n) is 9.29. The van der Waals surface area contributed by atoms with Crippen molar-refractivity contribution in [1.82, 2.24) is 5.32 Å². The molecule has 0 bridgehead atoms. The molecule has 1 saturated heterocycles. The molecule has 1 atom stereocenters. The first kappa shape index (κ1) is 10.2. The van der Waals surface area contributed by atoms with Gasteiger partial charge in [0.1, 0.15) is 0 Å². The quantitative estimate of drug-likeness (QED) is 0.748. The summed E-state index contributed by atoms with van der Waals surface area (Å²) in [6.45, 7) is 5.07. The van der Waals surface area contributed by atoms with Crippen LogP contribution >= 0.6 is 0 Å². The van der Waals surface area contributed by atoms with Crippen molar-refractivity contribution in [2.75, 3.05) is 6.54 Å². The van der Waals surface area contributed by atoms with Crippen molar-refractivity contribution in [1.29, 1.82) is 0 Å². The van der Waals surface area contributed by atoms with Gasteiger partial charge in [-0.2, -0.15) is 0 Å². The Morgan fingerprint density at radius 3 is 2.40 bits per heavy atom. The van der Waals surface area contributed by atoms with Crippen LogP contribution < -0.4 is 5.32 Å². The monoisotopic (exact) mass is 203 g/mol. The van der Waals surface area contributed by atoms with Crippen LogP contribution in [-0.4, -0.2) is 12.5 Å². The second-order valence-electron chi connectivity index (χ2n) is 4.66. The normalized spacial score (nSPS) is 24.9. The van der Waals surface area contributed by atoms with Crippen LogP contribution in [-0.2, 0) is 11.2 Å². The van der Waals surface area contributed by atoms with Crippen LogP contribution in [0.4, 0.5) is 0 Å². The van der Waals surface area contributed by atoms with Gasteiger partial charge in [-0.15, -0.1) is 0 Å². The van der Waals surface area contributed by atoms with Crippen LogP contribution in [0.3, 0.4) is 0 Å². The number of benzene rings is 1. The molecule has 80 valence electrons. The Labute approximate surface area is 90.7 Å². The largest absolute Gasteiger partial charge is 0.354 e. The Kier molecular flexibility index (Phi) is 2.51. The fourth-order valence-corrected chi connectivity index (χ4v) is 2.16. The molecule has 15 heavy (non-hydrogen) atoms. The second-order valence-corrected chi connectivity index (χ2v) is 4.66. The van der Waals surface area contributed by atoms with Crippen molar-refractivity contribution in [3.05, 3.63) is 35.9 Å². The lowest BCUT2D eigenvalue weighted by molar-refractivity contribution is -0.143. The Balaban J connectivity index is 2.19. The van der Waals surface area contributed by atoms with Gasteiger partial charge in [-0.05, 0) is 17.9 Å². The van der Waals surface area contributed by atoms with Gasteiger partial charge in [-0.1, -0.05) is 44.2 Å². The third kappa shape index (κ3) is 1.65. The average molecular weight is 203 g/mol. The number of β-lactam (4-membered cyclic amide) rings is 1. The molecule has 1 heterocycles. The Morgan fingerprint density at radius 1 is 1.33 bits per heavy atom. The van der Waals surface area contributed by atoms with E-state index in [1.807, 2.05) is 18.2 Å². The van der Waals surface area contributed by atoms with E-state index in [0.29, 0.717) is 5.92 Å². The van der Waals surface area contributed by atoms with Gasteiger partial charge in [0, 0.05) is 6.54 Å². The summed E-state index contributed by atoms with van der Waals surface area (Å²) in [5, 5.41) is 2.86. The summed E-state index contributed by atoms with van der Waals surface area (Å²) in [6.07, 6.45) is 0.858. The maximum absolute atomic E-state index is 11.7. The van der Waals surface area contributed by atoms with Gasteiger partial charge in [0.15, 0.2) is 0 Å². The number of rotatable bonds is 3. The topological polar surface area (TPSA) is 29.1 Å². The van der Waals surface area contributed by atoms with E-state index in [2.05, 4.69) is 31.3 Å². The highest BCUT2D eigenvalue weighted by molar-refractivity contribution is 5.89. The van der Waals surface area contributed by atoms with Crippen molar-refractivity contribution in [3.63, 3.8) is 0 Å². The lowest BCUT2D eigenvalue weighted by atomic mass is 9.67. The molecule has 2 nitrogen and oxygen atoms in total. The minimum Gasteiger partial charge on any atom is -0.354 e. The molecule has 1 amide bonds. The standard InChI is InChI=1S/C13H17NO/c1-10(2)13(9-14-12(13)15)8-11-6-4-3-5-7-11/h3-7,10H,8-9H2,1-2H3,(H,14,15)/t13-/m0/s1. The van der Waals surface area contributed by atoms with Crippen molar-refractivity contribution in [3.8, 4) is 0 Å². The molecule has 1 aromatic rings. The van der Waals surface area contributed by atoms with E-state index < -0.39 is 0 Å². The van der Waals surface area contributed by atoms with Gasteiger partial charge >= 0.3 is 0 Å². The average Bonchev–Trinajstić information content (AvgIpc) is 2.24. The summed E-state index contributed by atoms with van der Waals surface area (Å²) in [7, 11) is 0. The zero-order valence-corrected chi connectivity index (χ0v) is 9.29. The highest BCUT2D eigenvalue weighted by Gasteiger charge is 2.48. The van der Waals surface area contributed by atoms with E-state index in [0.717, 1.165) is 13.0 Å². The van der Waals surface area contributed by atoms with Crippen molar-refractivity contribution in [2.24, 2.45) is 11.3 Å². The molecule has 0 unspecified atom stereocenters. The molecule has 2 heteroatoms. The number of carbonyl (C=O) groups excluding carboxylic acids is 1. The smallest absolute Gasteiger partial charge is 0.228 e. The minimum absolute atomic E-state index is 0.165. The predicted octanol–water partition coefficient (Wildman–Crippen LogP) is 2.00. The fourth-order valence-electron chi connectivity index (χ4n) is 2.16. The molecular weight excluding hydrogens is 186 g/mol. The van der Waals surface area contributed by atoms with E-state index in [9.17, 15) is 4.79 Å². The molecular formula is C13H17NO. The summed E-state index contributed by atoms with van der Waals surface area (Å²) in [5.74, 6) is 0.604. The molecule has 0 aliphatic carbocycles. The maximum Gasteiger partial charge on any atom is 0.228 e. The molecule has 0 radical (unpaired) electrons. The molecule has 1 aromatic carbocycles. The third-order valence-electron chi connectivity index (χ3n) is 3.48. The van der Waals surface area contributed by atoms with Crippen LogP contribution in [0.1, 0.15) is 19.4 Å². The SMILES string of the molecule is CC(C)[C@]1(Cc2ccccc2)CNC1=O. The van der Waals surface area contributed by atoms with E-state index >= 15 is 0 Å². The highest BCUT2D eigenvalue weighted by atomic mass is 16.2. The molecule has 1 N–H and O–H groups in total. The van der Waals surface area contributed by atoms with Crippen LogP contribution in [0, 0.1) is 11.3 Å². The van der Waals surface area contributed by atoms with Crippen LogP contribution in [0.25, 0.3) is 0 Å². The molecule has 0 spiro atoms. The highest BCUT2D eigenvalue weighted by Crippen LogP contribution is 2.36. The number of carbonyl (C=O) groups is 1. The Morgan fingerprint density at radius 2 is 2.00 bits per heavy atom. The van der Waals surface area contributed by atoms with Crippen molar-refractivity contribution >= 4 is 5.91 Å². The lowest BCUT2D eigenvalue weighted by Gasteiger charge is -2.44. The maximum atomic E-state index is 11.7. The predicted molar refractivity (Wildman–Crippen MR) is 60.4 cm³/mol. The molecule has 1 aliphatic rings. The number of nitrogens with one attached hydrogen (secondary N) is 1. The summed E-state index contributed by atoms with van der Waals surface area (Å²) in [6, 6.07) is 10.2. The zero-order chi connectivity index (χ0) is 10.9. The Bertz CT molecular complexity index is 358. The minimum atomic E-state index is -0.165. The third-order valence-corrected chi connectivity index (χ3v) is 3.48. The van der Waals surface area contributed by atoms with Gasteiger partial charge in [-0.3, -0.25) is 4.79 Å². The van der Waals surface area contributed by atoms with E-state index in [4.69, 9.17) is 0 Å². The van der Waals surface area contributed by atoms with Crippen LogP contribution in [0.5, 0.6) is 0 Å². The summed E-state index contributed by atoms with van der Waals surface area (Å²) < 4.78 is 0. The molecule has 0 saturated carbocycles. The van der Waals surface area contributed by atoms with Gasteiger partial charge in [-0.25, -0.2) is 0 Å². The Hall–Kier alpha value is -1.31. The van der Waals surface area contributed by atoms with E-state index in [1.165, 1.54) is 5.56 Å². The molecule has 0 aromatic heterocycles.